The van der Waals surface area contributed by atoms with Gasteiger partial charge in [0.05, 0.1) is 6.04 Å². The van der Waals surface area contributed by atoms with Crippen LogP contribution in [0.5, 0.6) is 0 Å². The molecule has 4 saturated heterocycles. The van der Waals surface area contributed by atoms with E-state index < -0.39 is 0 Å². The molecular weight excluding hydrogens is 355 g/mol. The predicted octanol–water partition coefficient (Wildman–Crippen LogP) is 2.93. The van der Waals surface area contributed by atoms with Crippen molar-refractivity contribution < 1.29 is 9.18 Å². The highest BCUT2D eigenvalue weighted by atomic mass is 19.1. The molecule has 2 bridgehead atoms. The van der Waals surface area contributed by atoms with E-state index >= 15 is 0 Å². The van der Waals surface area contributed by atoms with Gasteiger partial charge in [0.1, 0.15) is 17.3 Å². The zero-order valence-corrected chi connectivity index (χ0v) is 16.3. The number of fused-ring (bicyclic) bond motifs is 2. The van der Waals surface area contributed by atoms with E-state index in [4.69, 9.17) is 0 Å². The molecule has 4 fully saturated rings. The number of benzene rings is 1. The summed E-state index contributed by atoms with van der Waals surface area (Å²) in [5.41, 5.74) is 2.42. The molecule has 0 radical (unpaired) electrons. The first-order valence-corrected chi connectivity index (χ1v) is 10.1. The van der Waals surface area contributed by atoms with Crippen LogP contribution in [0.25, 0.3) is 0 Å². The zero-order valence-electron chi connectivity index (χ0n) is 16.3. The Morgan fingerprint density at radius 1 is 1.07 bits per heavy atom. The van der Waals surface area contributed by atoms with Crippen LogP contribution in [0.4, 0.5) is 4.39 Å². The summed E-state index contributed by atoms with van der Waals surface area (Å²) in [6.07, 6.45) is 2.28. The Labute approximate surface area is 164 Å². The molecule has 1 amide bonds. The number of carbonyl (C=O) groups is 1. The summed E-state index contributed by atoms with van der Waals surface area (Å²) in [4.78, 5) is 26.8. The van der Waals surface area contributed by atoms with E-state index in [0.717, 1.165) is 37.2 Å². The first-order valence-electron chi connectivity index (χ1n) is 10.1. The second kappa shape index (κ2) is 6.62. The van der Waals surface area contributed by atoms with Gasteiger partial charge in [-0.05, 0) is 69.5 Å². The minimum Gasteiger partial charge on any atom is -0.332 e. The lowest BCUT2D eigenvalue weighted by molar-refractivity contribution is -0.00359. The molecule has 0 saturated carbocycles. The van der Waals surface area contributed by atoms with Crippen molar-refractivity contribution in [1.29, 1.82) is 0 Å². The lowest BCUT2D eigenvalue weighted by Crippen LogP contribution is -2.60. The third kappa shape index (κ3) is 2.82. The van der Waals surface area contributed by atoms with Gasteiger partial charge >= 0.3 is 0 Å². The maximum absolute atomic E-state index is 13.5. The molecule has 4 aliphatic rings. The fraction of sp³-hybridized carbons (Fsp3) is 0.500. The Morgan fingerprint density at radius 3 is 2.46 bits per heavy atom. The van der Waals surface area contributed by atoms with E-state index in [0.29, 0.717) is 30.0 Å². The van der Waals surface area contributed by atoms with E-state index in [-0.39, 0.29) is 23.7 Å². The lowest BCUT2D eigenvalue weighted by Gasteiger charge is -2.51. The molecule has 5 nitrogen and oxygen atoms in total. The van der Waals surface area contributed by atoms with Crippen LogP contribution in [0.2, 0.25) is 0 Å². The highest BCUT2D eigenvalue weighted by Gasteiger charge is 2.54. The van der Waals surface area contributed by atoms with Crippen LogP contribution >= 0.6 is 0 Å². The molecule has 28 heavy (non-hydrogen) atoms. The van der Waals surface area contributed by atoms with Gasteiger partial charge in [-0.1, -0.05) is 12.1 Å². The predicted molar refractivity (Wildman–Crippen MR) is 104 cm³/mol. The summed E-state index contributed by atoms with van der Waals surface area (Å²) < 4.78 is 13.5. The van der Waals surface area contributed by atoms with Crippen molar-refractivity contribution >= 4 is 5.91 Å². The monoisotopic (exact) mass is 380 g/mol. The molecule has 0 spiro atoms. The average Bonchev–Trinajstić information content (AvgIpc) is 3.11. The molecular formula is C22H25FN4O. The van der Waals surface area contributed by atoms with Crippen molar-refractivity contribution in [3.8, 4) is 0 Å². The number of hydrogen-bond donors (Lipinski definition) is 0. The van der Waals surface area contributed by atoms with Gasteiger partial charge in [0.15, 0.2) is 0 Å². The molecule has 2 aromatic rings. The third-order valence-corrected chi connectivity index (χ3v) is 6.74. The molecule has 4 aliphatic heterocycles. The number of rotatable bonds is 2. The molecule has 6 rings (SSSR count). The first-order chi connectivity index (χ1) is 13.5. The Hall–Kier alpha value is -2.34. The van der Waals surface area contributed by atoms with Gasteiger partial charge in [-0.15, -0.1) is 0 Å². The molecule has 0 unspecified atom stereocenters. The molecule has 0 aliphatic carbocycles. The number of likely N-dealkylation sites (tertiary alicyclic amines) is 1. The van der Waals surface area contributed by atoms with Crippen molar-refractivity contribution in [3.05, 3.63) is 58.9 Å². The normalized spacial score (nSPS) is 31.1. The van der Waals surface area contributed by atoms with Crippen LogP contribution in [-0.2, 0) is 0 Å². The van der Waals surface area contributed by atoms with E-state index in [1.54, 1.807) is 6.07 Å². The number of halogens is 1. The number of nitrogens with zero attached hydrogens (tertiary/aromatic N) is 4. The van der Waals surface area contributed by atoms with Crippen molar-refractivity contribution in [2.45, 2.75) is 44.7 Å². The topological polar surface area (TPSA) is 49.3 Å². The maximum atomic E-state index is 13.5. The molecule has 146 valence electrons. The molecule has 0 N–H and O–H groups in total. The summed E-state index contributed by atoms with van der Waals surface area (Å²) in [5.74, 6) is 1.16. The van der Waals surface area contributed by atoms with E-state index in [1.165, 1.54) is 12.1 Å². The summed E-state index contributed by atoms with van der Waals surface area (Å²) in [5, 5.41) is 0. The largest absolute Gasteiger partial charge is 0.332 e. The number of piperidine rings is 3. The fourth-order valence-electron chi connectivity index (χ4n) is 5.63. The Balaban J connectivity index is 1.53. The number of hydrogen-bond acceptors (Lipinski definition) is 4. The summed E-state index contributed by atoms with van der Waals surface area (Å²) in [6, 6.07) is 9.13. The van der Waals surface area contributed by atoms with E-state index in [1.807, 2.05) is 26.0 Å². The molecule has 1 aromatic heterocycles. The quantitative estimate of drug-likeness (QED) is 0.804. The van der Waals surface area contributed by atoms with Crippen LogP contribution in [0.15, 0.2) is 30.3 Å². The Kier molecular flexibility index (Phi) is 4.19. The van der Waals surface area contributed by atoms with Crippen LogP contribution < -0.4 is 0 Å². The number of aryl methyl sites for hydroxylation is 2. The Bertz CT molecular complexity index is 887. The van der Waals surface area contributed by atoms with Crippen LogP contribution in [0.3, 0.4) is 0 Å². The molecule has 1 aromatic carbocycles. The molecule has 6 heteroatoms. The van der Waals surface area contributed by atoms with Gasteiger partial charge in [0, 0.05) is 24.2 Å². The zero-order chi connectivity index (χ0) is 19.4. The lowest BCUT2D eigenvalue weighted by atomic mass is 9.75. The molecule has 3 atom stereocenters. The number of aromatic nitrogens is 2. The van der Waals surface area contributed by atoms with Crippen molar-refractivity contribution in [1.82, 2.24) is 19.8 Å². The smallest absolute Gasteiger partial charge is 0.272 e. The SMILES string of the molecule is Cc1cc(C(=O)N2C[C@H](c3ccc(F)cc3)[C@H]3[C@@H]2C2CCN3CC2)nc(C)n1. The van der Waals surface area contributed by atoms with Crippen molar-refractivity contribution in [3.63, 3.8) is 0 Å². The van der Waals surface area contributed by atoms with Crippen LogP contribution in [-0.4, -0.2) is 57.4 Å². The van der Waals surface area contributed by atoms with Gasteiger partial charge in [0.25, 0.3) is 5.91 Å². The van der Waals surface area contributed by atoms with Crippen molar-refractivity contribution in [2.24, 2.45) is 5.92 Å². The highest BCUT2D eigenvalue weighted by molar-refractivity contribution is 5.93. The summed E-state index contributed by atoms with van der Waals surface area (Å²) in [6.45, 7) is 6.57. The summed E-state index contributed by atoms with van der Waals surface area (Å²) >= 11 is 0. The average molecular weight is 380 g/mol. The van der Waals surface area contributed by atoms with Gasteiger partial charge in [0.2, 0.25) is 0 Å². The molecule has 5 heterocycles. The van der Waals surface area contributed by atoms with E-state index in [2.05, 4.69) is 19.8 Å². The van der Waals surface area contributed by atoms with Gasteiger partial charge in [-0.2, -0.15) is 0 Å². The van der Waals surface area contributed by atoms with Crippen LogP contribution in [0.1, 0.15) is 46.3 Å². The van der Waals surface area contributed by atoms with Crippen LogP contribution in [0, 0.1) is 25.6 Å². The maximum Gasteiger partial charge on any atom is 0.272 e. The second-order valence-corrected chi connectivity index (χ2v) is 8.41. The highest BCUT2D eigenvalue weighted by Crippen LogP contribution is 2.46. The minimum atomic E-state index is -0.219. The summed E-state index contributed by atoms with van der Waals surface area (Å²) in [7, 11) is 0. The van der Waals surface area contributed by atoms with Crippen molar-refractivity contribution in [2.75, 3.05) is 19.6 Å². The number of carbonyl (C=O) groups excluding carboxylic acids is 1. The first kappa shape index (κ1) is 17.7. The van der Waals surface area contributed by atoms with Gasteiger partial charge in [-0.25, -0.2) is 14.4 Å². The van der Waals surface area contributed by atoms with E-state index in [9.17, 15) is 9.18 Å². The third-order valence-electron chi connectivity index (χ3n) is 6.74. The fourth-order valence-corrected chi connectivity index (χ4v) is 5.63. The van der Waals surface area contributed by atoms with Gasteiger partial charge in [-0.3, -0.25) is 9.69 Å². The second-order valence-electron chi connectivity index (χ2n) is 8.41. The Morgan fingerprint density at radius 2 is 1.79 bits per heavy atom. The minimum absolute atomic E-state index is 0.00182. The standard InChI is InChI=1S/C22H25FN4O/c1-13-11-19(25-14(2)24-13)22(28)27-12-18(15-3-5-17(23)6-4-15)21-20(27)16-7-9-26(21)10-8-16/h3-6,11,16,18,20-21H,7-10,12H2,1-2H3/t18-,20+,21+/m1/s1. The van der Waals surface area contributed by atoms with Gasteiger partial charge < -0.3 is 4.90 Å². The number of amides is 1.